The van der Waals surface area contributed by atoms with Crippen LogP contribution in [0, 0.1) is 5.92 Å². The Kier molecular flexibility index (Phi) is 6.50. The molecule has 3 aliphatic rings. The lowest BCUT2D eigenvalue weighted by Gasteiger charge is -2.33. The zero-order valence-corrected chi connectivity index (χ0v) is 20.3. The molecule has 0 bridgehead atoms. The van der Waals surface area contributed by atoms with Gasteiger partial charge in [0.2, 0.25) is 5.91 Å². The third-order valence-electron chi connectivity index (χ3n) is 7.76. The van der Waals surface area contributed by atoms with Crippen LogP contribution in [0.3, 0.4) is 0 Å². The predicted octanol–water partition coefficient (Wildman–Crippen LogP) is 3.65. The number of rotatable bonds is 7. The Morgan fingerprint density at radius 1 is 1.09 bits per heavy atom. The number of amides is 4. The SMILES string of the molecule is CCOc1ccc(CCC2CCN(C(=O)CN3C(=O)NC4(CCc5ccccc54)C3=O)CC2)cc1. The smallest absolute Gasteiger partial charge is 0.325 e. The molecule has 0 radical (unpaired) electrons. The Morgan fingerprint density at radius 3 is 2.57 bits per heavy atom. The number of carbonyl (C=O) groups excluding carboxylic acids is 3. The summed E-state index contributed by atoms with van der Waals surface area (Å²) in [7, 11) is 0. The zero-order chi connectivity index (χ0) is 24.4. The van der Waals surface area contributed by atoms with Crippen LogP contribution in [0.1, 0.15) is 49.3 Å². The number of ether oxygens (including phenoxy) is 1. The molecule has 2 aliphatic heterocycles. The number of likely N-dealkylation sites (tertiary alicyclic amines) is 1. The van der Waals surface area contributed by atoms with Crippen molar-refractivity contribution in [3.63, 3.8) is 0 Å². The van der Waals surface area contributed by atoms with E-state index in [0.29, 0.717) is 32.0 Å². The Hall–Kier alpha value is -3.35. The summed E-state index contributed by atoms with van der Waals surface area (Å²) in [6, 6.07) is 15.6. The Bertz CT molecular complexity index is 1110. The van der Waals surface area contributed by atoms with E-state index in [2.05, 4.69) is 17.4 Å². The second-order valence-electron chi connectivity index (χ2n) is 9.82. The first kappa shape index (κ1) is 23.4. The molecule has 2 fully saturated rings. The summed E-state index contributed by atoms with van der Waals surface area (Å²) in [5, 5.41) is 2.90. The van der Waals surface area contributed by atoms with E-state index in [0.717, 1.165) is 53.9 Å². The first-order chi connectivity index (χ1) is 17.0. The van der Waals surface area contributed by atoms with E-state index in [1.807, 2.05) is 48.2 Å². The highest BCUT2D eigenvalue weighted by molar-refractivity contribution is 6.09. The van der Waals surface area contributed by atoms with Crippen molar-refractivity contribution in [1.29, 1.82) is 0 Å². The molecule has 1 spiro atoms. The number of imide groups is 1. The van der Waals surface area contributed by atoms with Crippen LogP contribution in [0.5, 0.6) is 5.75 Å². The van der Waals surface area contributed by atoms with Crippen molar-refractivity contribution in [3.05, 3.63) is 65.2 Å². The van der Waals surface area contributed by atoms with Gasteiger partial charge < -0.3 is 15.0 Å². The molecule has 2 heterocycles. The Labute approximate surface area is 206 Å². The van der Waals surface area contributed by atoms with Gasteiger partial charge in [-0.3, -0.25) is 14.5 Å². The van der Waals surface area contributed by atoms with Crippen molar-refractivity contribution in [2.75, 3.05) is 26.2 Å². The fourth-order valence-corrected chi connectivity index (χ4v) is 5.73. The molecular formula is C28H33N3O4. The number of nitrogens with one attached hydrogen (secondary N) is 1. The minimum Gasteiger partial charge on any atom is -0.494 e. The van der Waals surface area contributed by atoms with Gasteiger partial charge in [0.15, 0.2) is 0 Å². The van der Waals surface area contributed by atoms with Crippen LogP contribution in [-0.4, -0.2) is 53.9 Å². The molecule has 2 aromatic carbocycles. The van der Waals surface area contributed by atoms with Crippen LogP contribution in [0.2, 0.25) is 0 Å². The standard InChI is InChI=1S/C28H33N3O4/c1-2-35-23-11-9-20(10-12-23)7-8-21-14-17-30(18-15-21)25(32)19-31-26(33)28(29-27(31)34)16-13-22-5-3-4-6-24(22)28/h3-6,9-12,21H,2,7-8,13-19H2,1H3,(H,29,34). The maximum Gasteiger partial charge on any atom is 0.325 e. The average molecular weight is 476 g/mol. The van der Waals surface area contributed by atoms with Crippen LogP contribution < -0.4 is 10.1 Å². The van der Waals surface area contributed by atoms with Gasteiger partial charge in [-0.15, -0.1) is 0 Å². The Morgan fingerprint density at radius 2 is 1.83 bits per heavy atom. The number of fused-ring (bicyclic) bond motifs is 2. The molecule has 0 aromatic heterocycles. The molecule has 1 aliphatic carbocycles. The maximum atomic E-state index is 13.3. The van der Waals surface area contributed by atoms with E-state index in [4.69, 9.17) is 4.74 Å². The molecule has 35 heavy (non-hydrogen) atoms. The number of urea groups is 1. The van der Waals surface area contributed by atoms with Crippen molar-refractivity contribution in [1.82, 2.24) is 15.1 Å². The Balaban J connectivity index is 1.12. The van der Waals surface area contributed by atoms with Gasteiger partial charge in [0.05, 0.1) is 6.61 Å². The lowest BCUT2D eigenvalue weighted by molar-refractivity contribution is -0.140. The number of hydrogen-bond acceptors (Lipinski definition) is 4. The van der Waals surface area contributed by atoms with Crippen LogP contribution in [-0.2, 0) is 28.0 Å². The fourth-order valence-electron chi connectivity index (χ4n) is 5.73. The normalized spacial score (nSPS) is 22.0. The van der Waals surface area contributed by atoms with Gasteiger partial charge in [-0.25, -0.2) is 4.79 Å². The monoisotopic (exact) mass is 475 g/mol. The molecule has 7 nitrogen and oxygen atoms in total. The molecule has 1 N–H and O–H groups in total. The summed E-state index contributed by atoms with van der Waals surface area (Å²) in [6.07, 6.45) is 5.28. The van der Waals surface area contributed by atoms with Crippen molar-refractivity contribution in [2.24, 2.45) is 5.92 Å². The van der Waals surface area contributed by atoms with Crippen LogP contribution in [0.15, 0.2) is 48.5 Å². The highest BCUT2D eigenvalue weighted by Gasteiger charge is 2.55. The molecule has 0 saturated carbocycles. The van der Waals surface area contributed by atoms with Crippen molar-refractivity contribution in [2.45, 2.75) is 51.0 Å². The van der Waals surface area contributed by atoms with Crippen LogP contribution in [0.4, 0.5) is 4.79 Å². The molecular weight excluding hydrogens is 442 g/mol. The summed E-state index contributed by atoms with van der Waals surface area (Å²) in [6.45, 7) is 3.80. The largest absolute Gasteiger partial charge is 0.494 e. The van der Waals surface area contributed by atoms with Gasteiger partial charge in [-0.1, -0.05) is 36.4 Å². The topological polar surface area (TPSA) is 79.0 Å². The van der Waals surface area contributed by atoms with Crippen LogP contribution >= 0.6 is 0 Å². The van der Waals surface area contributed by atoms with E-state index in [1.54, 1.807) is 0 Å². The van der Waals surface area contributed by atoms with Crippen molar-refractivity contribution in [3.8, 4) is 5.75 Å². The third kappa shape index (κ3) is 4.51. The molecule has 5 rings (SSSR count). The van der Waals surface area contributed by atoms with E-state index < -0.39 is 11.6 Å². The molecule has 2 aromatic rings. The summed E-state index contributed by atoms with van der Waals surface area (Å²) >= 11 is 0. The molecule has 1 atom stereocenters. The number of benzene rings is 2. The average Bonchev–Trinajstić information content (AvgIpc) is 3.37. The lowest BCUT2D eigenvalue weighted by atomic mass is 9.90. The molecule has 1 unspecified atom stereocenters. The highest BCUT2D eigenvalue weighted by atomic mass is 16.5. The number of aryl methyl sites for hydroxylation is 2. The number of piperidine rings is 1. The minimum absolute atomic E-state index is 0.151. The van der Waals surface area contributed by atoms with E-state index in [9.17, 15) is 14.4 Å². The minimum atomic E-state index is -1.01. The van der Waals surface area contributed by atoms with Gasteiger partial charge >= 0.3 is 6.03 Å². The van der Waals surface area contributed by atoms with Gasteiger partial charge in [0.25, 0.3) is 5.91 Å². The van der Waals surface area contributed by atoms with Gasteiger partial charge in [-0.05, 0) is 80.2 Å². The molecule has 2 saturated heterocycles. The number of carbonyl (C=O) groups is 3. The maximum absolute atomic E-state index is 13.3. The first-order valence-corrected chi connectivity index (χ1v) is 12.7. The summed E-state index contributed by atoms with van der Waals surface area (Å²) in [5.41, 5.74) is 2.23. The predicted molar refractivity (Wildman–Crippen MR) is 132 cm³/mol. The fraction of sp³-hybridized carbons (Fsp3) is 0.464. The number of hydrogen-bond donors (Lipinski definition) is 1. The highest BCUT2D eigenvalue weighted by Crippen LogP contribution is 2.41. The van der Waals surface area contributed by atoms with Crippen LogP contribution in [0.25, 0.3) is 0 Å². The van der Waals surface area contributed by atoms with E-state index in [-0.39, 0.29) is 18.4 Å². The first-order valence-electron chi connectivity index (χ1n) is 12.7. The van der Waals surface area contributed by atoms with Gasteiger partial charge in [0.1, 0.15) is 17.8 Å². The summed E-state index contributed by atoms with van der Waals surface area (Å²) in [5.74, 6) is 1.02. The lowest BCUT2D eigenvalue weighted by Crippen LogP contribution is -2.47. The quantitative estimate of drug-likeness (QED) is 0.620. The summed E-state index contributed by atoms with van der Waals surface area (Å²) in [4.78, 5) is 42.0. The van der Waals surface area contributed by atoms with E-state index >= 15 is 0 Å². The molecule has 4 amide bonds. The van der Waals surface area contributed by atoms with Crippen molar-refractivity contribution < 1.29 is 19.1 Å². The zero-order valence-electron chi connectivity index (χ0n) is 20.3. The molecule has 7 heteroatoms. The number of nitrogens with zero attached hydrogens (tertiary/aromatic N) is 2. The van der Waals surface area contributed by atoms with Gasteiger partial charge in [-0.2, -0.15) is 0 Å². The van der Waals surface area contributed by atoms with Gasteiger partial charge in [0, 0.05) is 13.1 Å². The molecule has 184 valence electrons. The second kappa shape index (κ2) is 9.72. The summed E-state index contributed by atoms with van der Waals surface area (Å²) < 4.78 is 5.51. The third-order valence-corrected chi connectivity index (χ3v) is 7.76. The van der Waals surface area contributed by atoms with E-state index in [1.165, 1.54) is 5.56 Å². The second-order valence-corrected chi connectivity index (χ2v) is 9.82. The van der Waals surface area contributed by atoms with Crippen molar-refractivity contribution >= 4 is 17.8 Å².